The number of aromatic nitrogens is 1. The van der Waals surface area contributed by atoms with Gasteiger partial charge in [-0.2, -0.15) is 0 Å². The Kier molecular flexibility index (Phi) is 8.96. The standard InChI is InChI=1S/C15H14N6O6S3.Na/c16-15-18-6(3-30-15)8(20-27)11(23)19-9-12(24)21-10(14(25)26)7(4-29-13(9)21)28-2-1-17-5-22;/h1-3,5,9,13,27H,4H2,(H2,16,18)(H,17,22)(H,19,23)(H,25,26);/q;+1/p-1/b2-1-,20-8-;/t9?,13-;/m1./s1. The van der Waals surface area contributed by atoms with Gasteiger partial charge < -0.3 is 31.5 Å². The molecule has 1 fully saturated rings. The zero-order valence-electron chi connectivity index (χ0n) is 15.8. The maximum absolute atomic E-state index is 12.6. The fourth-order valence-corrected chi connectivity index (χ4v) is 5.51. The number of nitrogens with zero attached hydrogens (tertiary/aromatic N) is 3. The summed E-state index contributed by atoms with van der Waals surface area (Å²) in [6.45, 7) is 0. The summed E-state index contributed by atoms with van der Waals surface area (Å²) in [5, 5.41) is 30.8. The molecule has 1 unspecified atom stereocenters. The molecule has 158 valence electrons. The minimum Gasteiger partial charge on any atom is -0.543 e. The summed E-state index contributed by atoms with van der Waals surface area (Å²) < 4.78 is 0. The summed E-state index contributed by atoms with van der Waals surface area (Å²) in [4.78, 5) is 52.1. The number of aliphatic carboxylic acids is 1. The Labute approximate surface area is 209 Å². The first-order valence-electron chi connectivity index (χ1n) is 8.03. The quantitative estimate of drug-likeness (QED) is 0.0684. The van der Waals surface area contributed by atoms with E-state index in [1.54, 1.807) is 0 Å². The van der Waals surface area contributed by atoms with Crippen LogP contribution < -0.4 is 51.0 Å². The number of thioether (sulfide) groups is 2. The average Bonchev–Trinajstić information content (AvgIpc) is 3.15. The van der Waals surface area contributed by atoms with E-state index >= 15 is 0 Å². The molecular formula is C15H13N6NaO6S3. The summed E-state index contributed by atoms with van der Waals surface area (Å²) in [5.74, 6) is -2.80. The van der Waals surface area contributed by atoms with Crippen LogP contribution in [0.4, 0.5) is 5.13 Å². The van der Waals surface area contributed by atoms with Crippen molar-refractivity contribution in [1.29, 1.82) is 0 Å². The molecule has 31 heavy (non-hydrogen) atoms. The van der Waals surface area contributed by atoms with E-state index in [1.807, 2.05) is 0 Å². The van der Waals surface area contributed by atoms with Gasteiger partial charge in [-0.15, -0.1) is 23.1 Å². The third-order valence-electron chi connectivity index (χ3n) is 3.94. The van der Waals surface area contributed by atoms with Crippen LogP contribution in [0.25, 0.3) is 0 Å². The molecule has 0 aromatic carbocycles. The molecule has 1 aromatic rings. The molecule has 0 aliphatic carbocycles. The molecule has 3 heterocycles. The number of carbonyl (C=O) groups excluding carboxylic acids is 4. The van der Waals surface area contributed by atoms with Crippen molar-refractivity contribution in [2.24, 2.45) is 5.16 Å². The Morgan fingerprint density at radius 1 is 1.48 bits per heavy atom. The monoisotopic (exact) mass is 492 g/mol. The fraction of sp³-hybridized carbons (Fsp3) is 0.200. The molecule has 2 aliphatic heterocycles. The SMILES string of the molecule is Nc1nc(/C(=N/O)C(=O)NC2C(=O)N3C(C(=O)[O-])=C(S/C=C\NC=O)CS[C@H]23)cs1.[Na+]. The Hall–Kier alpha value is -2.04. The number of nitrogens with one attached hydrogen (secondary N) is 2. The number of amides is 3. The van der Waals surface area contributed by atoms with Crippen LogP contribution in [-0.2, 0) is 19.2 Å². The van der Waals surface area contributed by atoms with Crippen molar-refractivity contribution in [3.8, 4) is 0 Å². The topological polar surface area (TPSA) is 190 Å². The predicted molar refractivity (Wildman–Crippen MR) is 108 cm³/mol. The zero-order valence-corrected chi connectivity index (χ0v) is 20.3. The van der Waals surface area contributed by atoms with E-state index in [2.05, 4.69) is 20.8 Å². The molecule has 3 rings (SSSR count). The number of carbonyl (C=O) groups is 4. The Morgan fingerprint density at radius 3 is 2.81 bits per heavy atom. The van der Waals surface area contributed by atoms with Crippen molar-refractivity contribution in [3.63, 3.8) is 0 Å². The van der Waals surface area contributed by atoms with Crippen LogP contribution in [0.15, 0.2) is 32.7 Å². The van der Waals surface area contributed by atoms with Crippen LogP contribution in [0.3, 0.4) is 0 Å². The van der Waals surface area contributed by atoms with Crippen LogP contribution >= 0.6 is 34.9 Å². The Morgan fingerprint density at radius 2 is 2.23 bits per heavy atom. The van der Waals surface area contributed by atoms with E-state index < -0.39 is 34.9 Å². The third kappa shape index (κ3) is 5.24. The first-order valence-corrected chi connectivity index (χ1v) is 10.8. The third-order valence-corrected chi connectivity index (χ3v) is 6.97. The summed E-state index contributed by atoms with van der Waals surface area (Å²) >= 11 is 3.30. The number of hydrogen-bond donors (Lipinski definition) is 4. The van der Waals surface area contributed by atoms with E-state index in [0.717, 1.165) is 28.0 Å². The first-order chi connectivity index (χ1) is 14.4. The molecule has 2 atom stereocenters. The molecule has 1 aromatic heterocycles. The van der Waals surface area contributed by atoms with Gasteiger partial charge in [0.1, 0.15) is 17.1 Å². The Balaban J connectivity index is 0.00000341. The number of carboxylic acid groups (broad SMARTS) is 1. The van der Waals surface area contributed by atoms with Crippen molar-refractivity contribution in [2.75, 3.05) is 11.5 Å². The fourth-order valence-electron chi connectivity index (χ4n) is 2.68. The van der Waals surface area contributed by atoms with Crippen LogP contribution in [0.2, 0.25) is 0 Å². The van der Waals surface area contributed by atoms with E-state index in [9.17, 15) is 24.3 Å². The second kappa shape index (κ2) is 11.0. The smallest absolute Gasteiger partial charge is 0.543 e. The summed E-state index contributed by atoms with van der Waals surface area (Å²) in [7, 11) is 0. The van der Waals surface area contributed by atoms with Crippen LogP contribution in [0, 0.1) is 0 Å². The molecule has 2 aliphatic rings. The van der Waals surface area contributed by atoms with Gasteiger partial charge >= 0.3 is 29.6 Å². The maximum Gasteiger partial charge on any atom is 1.00 e. The van der Waals surface area contributed by atoms with Gasteiger partial charge in [-0.3, -0.25) is 19.3 Å². The van der Waals surface area contributed by atoms with Crippen molar-refractivity contribution >= 4 is 69.9 Å². The molecule has 1 saturated heterocycles. The van der Waals surface area contributed by atoms with Gasteiger partial charge in [0.15, 0.2) is 10.8 Å². The van der Waals surface area contributed by atoms with Crippen molar-refractivity contribution < 1.29 is 59.0 Å². The summed E-state index contributed by atoms with van der Waals surface area (Å²) in [6.07, 6.45) is 1.77. The summed E-state index contributed by atoms with van der Waals surface area (Å²) in [5.41, 5.74) is 4.84. The molecule has 0 spiro atoms. The van der Waals surface area contributed by atoms with E-state index in [4.69, 9.17) is 10.9 Å². The van der Waals surface area contributed by atoms with Gasteiger partial charge in [0, 0.05) is 22.2 Å². The average molecular weight is 492 g/mol. The van der Waals surface area contributed by atoms with E-state index in [1.165, 1.54) is 28.7 Å². The van der Waals surface area contributed by atoms with Gasteiger partial charge in [0.05, 0.1) is 11.7 Å². The van der Waals surface area contributed by atoms with Gasteiger partial charge in [0.25, 0.3) is 11.8 Å². The number of β-lactam (4-membered cyclic amide) rings is 1. The molecule has 12 nitrogen and oxygen atoms in total. The second-order valence-corrected chi connectivity index (χ2v) is 8.64. The number of rotatable bonds is 8. The number of carboxylic acids is 1. The molecule has 0 bridgehead atoms. The number of oxime groups is 1. The van der Waals surface area contributed by atoms with Crippen LogP contribution in [0.1, 0.15) is 5.69 Å². The normalized spacial score (nSPS) is 20.6. The number of nitrogens with two attached hydrogens (primary N) is 1. The van der Waals surface area contributed by atoms with E-state index in [0.29, 0.717) is 11.3 Å². The largest absolute Gasteiger partial charge is 1.00 e. The summed E-state index contributed by atoms with van der Waals surface area (Å²) in [6, 6.07) is -1.02. The first kappa shape index (κ1) is 25.2. The van der Waals surface area contributed by atoms with Crippen LogP contribution in [-0.4, -0.2) is 62.2 Å². The minimum absolute atomic E-state index is 0. The molecular weight excluding hydrogens is 479 g/mol. The number of anilines is 1. The van der Waals surface area contributed by atoms with Crippen molar-refractivity contribution in [1.82, 2.24) is 20.5 Å². The maximum atomic E-state index is 12.6. The van der Waals surface area contributed by atoms with Gasteiger partial charge in [-0.1, -0.05) is 16.9 Å². The van der Waals surface area contributed by atoms with Crippen molar-refractivity contribution in [2.45, 2.75) is 11.4 Å². The van der Waals surface area contributed by atoms with Gasteiger partial charge in [-0.25, -0.2) is 4.98 Å². The molecule has 0 saturated carbocycles. The molecule has 16 heteroatoms. The number of hydrogen-bond acceptors (Lipinski definition) is 12. The molecule has 5 N–H and O–H groups in total. The van der Waals surface area contributed by atoms with Crippen LogP contribution in [0.5, 0.6) is 0 Å². The second-order valence-electron chi connectivity index (χ2n) is 5.64. The van der Waals surface area contributed by atoms with Crippen molar-refractivity contribution in [3.05, 3.63) is 33.3 Å². The Bertz CT molecular complexity index is 996. The number of fused-ring (bicyclic) bond motifs is 1. The molecule has 0 radical (unpaired) electrons. The zero-order chi connectivity index (χ0) is 21.8. The predicted octanol–water partition coefficient (Wildman–Crippen LogP) is -4.78. The minimum atomic E-state index is -1.53. The van der Waals surface area contributed by atoms with E-state index in [-0.39, 0.29) is 51.8 Å². The molecule has 3 amide bonds. The number of thiazole rings is 1. The van der Waals surface area contributed by atoms with Gasteiger partial charge in [-0.05, 0) is 5.41 Å². The van der Waals surface area contributed by atoms with Gasteiger partial charge in [0.2, 0.25) is 6.41 Å². The number of nitrogen functional groups attached to an aromatic ring is 1.